The molecule has 0 amide bonds. The maximum Gasteiger partial charge on any atom is 0.159 e. The largest absolute Gasteiger partial charge is 0.305 e. The molecule has 2 rings (SSSR count). The van der Waals surface area contributed by atoms with Gasteiger partial charge in [-0.3, -0.25) is 4.79 Å². The summed E-state index contributed by atoms with van der Waals surface area (Å²) in [6.07, 6.45) is 2.69. The average molecular weight is 253 g/mol. The third kappa shape index (κ3) is 2.43. The van der Waals surface area contributed by atoms with Gasteiger partial charge in [0.05, 0.1) is 5.54 Å². The van der Waals surface area contributed by atoms with Crippen LogP contribution in [0, 0.1) is 11.6 Å². The van der Waals surface area contributed by atoms with Gasteiger partial charge in [-0.25, -0.2) is 8.78 Å². The molecule has 1 unspecified atom stereocenters. The molecule has 1 fully saturated rings. The fourth-order valence-corrected chi connectivity index (χ4v) is 2.55. The van der Waals surface area contributed by atoms with Crippen LogP contribution in [0.4, 0.5) is 8.78 Å². The first kappa shape index (κ1) is 13.1. The number of carbonyl (C=O) groups is 1. The molecule has 98 valence electrons. The Morgan fingerprint density at radius 1 is 1.39 bits per heavy atom. The van der Waals surface area contributed by atoms with E-state index in [1.54, 1.807) is 0 Å². The van der Waals surface area contributed by atoms with E-state index in [1.165, 1.54) is 6.07 Å². The lowest BCUT2D eigenvalue weighted by Crippen LogP contribution is -2.47. The zero-order valence-electron chi connectivity index (χ0n) is 10.4. The van der Waals surface area contributed by atoms with Crippen LogP contribution in [0.15, 0.2) is 18.2 Å². The quantitative estimate of drug-likeness (QED) is 0.893. The van der Waals surface area contributed by atoms with Gasteiger partial charge in [-0.15, -0.1) is 0 Å². The molecule has 1 aliphatic heterocycles. The lowest BCUT2D eigenvalue weighted by molar-refractivity contribution is -0.124. The monoisotopic (exact) mass is 253 g/mol. The topological polar surface area (TPSA) is 29.1 Å². The average Bonchev–Trinajstić information content (AvgIpc) is 2.84. The highest BCUT2D eigenvalue weighted by molar-refractivity contribution is 5.90. The summed E-state index contributed by atoms with van der Waals surface area (Å²) in [5.41, 5.74) is 0.0608. The second-order valence-electron chi connectivity index (χ2n) is 4.81. The van der Waals surface area contributed by atoms with Gasteiger partial charge in [0, 0.05) is 6.42 Å². The van der Waals surface area contributed by atoms with E-state index < -0.39 is 17.2 Å². The fraction of sp³-hybridized carbons (Fsp3) is 0.500. The third-order valence-corrected chi connectivity index (χ3v) is 3.73. The number of nitrogens with one attached hydrogen (secondary N) is 1. The van der Waals surface area contributed by atoms with Crippen molar-refractivity contribution in [2.45, 2.75) is 38.1 Å². The number of hydrogen-bond donors (Lipinski definition) is 1. The van der Waals surface area contributed by atoms with Gasteiger partial charge in [-0.05, 0) is 43.5 Å². The standard InChI is InChI=1S/C14H17F2NO/c1-2-14(6-3-7-17-14)13(18)9-10-4-5-11(15)12(16)8-10/h4-5,8,17H,2-3,6-7,9H2,1H3. The Morgan fingerprint density at radius 2 is 2.17 bits per heavy atom. The zero-order chi connectivity index (χ0) is 13.2. The van der Waals surface area contributed by atoms with E-state index in [4.69, 9.17) is 0 Å². The van der Waals surface area contributed by atoms with Gasteiger partial charge in [-0.1, -0.05) is 13.0 Å². The number of ketones is 1. The minimum atomic E-state index is -0.898. The summed E-state index contributed by atoms with van der Waals surface area (Å²) in [7, 11) is 0. The molecule has 1 atom stereocenters. The van der Waals surface area contributed by atoms with Crippen LogP contribution in [0.1, 0.15) is 31.7 Å². The van der Waals surface area contributed by atoms with E-state index in [0.717, 1.165) is 37.9 Å². The second-order valence-corrected chi connectivity index (χ2v) is 4.81. The number of rotatable bonds is 4. The Labute approximate surface area is 105 Å². The maximum atomic E-state index is 13.1. The summed E-state index contributed by atoms with van der Waals surface area (Å²) in [4.78, 5) is 12.3. The third-order valence-electron chi connectivity index (χ3n) is 3.73. The van der Waals surface area contributed by atoms with Crippen molar-refractivity contribution in [3.63, 3.8) is 0 Å². The minimum Gasteiger partial charge on any atom is -0.305 e. The fourth-order valence-electron chi connectivity index (χ4n) is 2.55. The molecular weight excluding hydrogens is 236 g/mol. The Kier molecular flexibility index (Phi) is 3.76. The highest BCUT2D eigenvalue weighted by Gasteiger charge is 2.38. The minimum absolute atomic E-state index is 0.0634. The highest BCUT2D eigenvalue weighted by atomic mass is 19.2. The summed E-state index contributed by atoms with van der Waals surface area (Å²) in [5.74, 6) is -1.71. The van der Waals surface area contributed by atoms with Crippen molar-refractivity contribution in [1.82, 2.24) is 5.32 Å². The Balaban J connectivity index is 2.13. The summed E-state index contributed by atoms with van der Waals surface area (Å²) in [6, 6.07) is 3.64. The molecule has 18 heavy (non-hydrogen) atoms. The number of carbonyl (C=O) groups excluding carboxylic acids is 1. The van der Waals surface area contributed by atoms with Gasteiger partial charge < -0.3 is 5.32 Å². The number of Topliss-reactive ketones (excluding diaryl/α,β-unsaturated/α-hetero) is 1. The first-order chi connectivity index (χ1) is 8.57. The molecule has 0 radical (unpaired) electrons. The molecule has 0 saturated carbocycles. The van der Waals surface area contributed by atoms with E-state index in [9.17, 15) is 13.6 Å². The molecular formula is C14H17F2NO. The van der Waals surface area contributed by atoms with Crippen molar-refractivity contribution in [3.05, 3.63) is 35.4 Å². The van der Waals surface area contributed by atoms with E-state index in [0.29, 0.717) is 5.56 Å². The first-order valence-electron chi connectivity index (χ1n) is 6.29. The van der Waals surface area contributed by atoms with E-state index in [2.05, 4.69) is 5.32 Å². The van der Waals surface area contributed by atoms with Gasteiger partial charge >= 0.3 is 0 Å². The maximum absolute atomic E-state index is 13.1. The Morgan fingerprint density at radius 3 is 2.72 bits per heavy atom. The van der Waals surface area contributed by atoms with Gasteiger partial charge in [0.1, 0.15) is 0 Å². The molecule has 1 aliphatic rings. The molecule has 1 heterocycles. The Bertz CT molecular complexity index is 453. The van der Waals surface area contributed by atoms with E-state index in [-0.39, 0.29) is 12.2 Å². The van der Waals surface area contributed by atoms with Crippen LogP contribution in [-0.4, -0.2) is 17.9 Å². The lowest BCUT2D eigenvalue weighted by atomic mass is 9.86. The molecule has 1 aromatic rings. The highest BCUT2D eigenvalue weighted by Crippen LogP contribution is 2.25. The van der Waals surface area contributed by atoms with Crippen LogP contribution >= 0.6 is 0 Å². The molecule has 0 aromatic heterocycles. The zero-order valence-corrected chi connectivity index (χ0v) is 10.4. The SMILES string of the molecule is CCC1(C(=O)Cc2ccc(F)c(F)c2)CCCN1. The van der Waals surface area contributed by atoms with Crippen LogP contribution in [0.25, 0.3) is 0 Å². The normalized spacial score (nSPS) is 23.3. The van der Waals surface area contributed by atoms with E-state index in [1.807, 2.05) is 6.92 Å². The molecule has 1 saturated heterocycles. The van der Waals surface area contributed by atoms with Gasteiger partial charge in [-0.2, -0.15) is 0 Å². The number of hydrogen-bond acceptors (Lipinski definition) is 2. The molecule has 2 nitrogen and oxygen atoms in total. The molecule has 0 aliphatic carbocycles. The van der Waals surface area contributed by atoms with Crippen LogP contribution in [0.2, 0.25) is 0 Å². The van der Waals surface area contributed by atoms with Crippen molar-refractivity contribution in [1.29, 1.82) is 0 Å². The predicted molar refractivity (Wildman–Crippen MR) is 65.3 cm³/mol. The molecule has 0 spiro atoms. The van der Waals surface area contributed by atoms with Crippen molar-refractivity contribution in [2.24, 2.45) is 0 Å². The molecule has 0 bridgehead atoms. The summed E-state index contributed by atoms with van der Waals surface area (Å²) in [6.45, 7) is 2.82. The number of benzene rings is 1. The Hall–Kier alpha value is -1.29. The van der Waals surface area contributed by atoms with Gasteiger partial charge in [0.25, 0.3) is 0 Å². The van der Waals surface area contributed by atoms with Gasteiger partial charge in [0.2, 0.25) is 0 Å². The van der Waals surface area contributed by atoms with Crippen molar-refractivity contribution in [2.75, 3.05) is 6.54 Å². The smallest absolute Gasteiger partial charge is 0.159 e. The second kappa shape index (κ2) is 5.14. The van der Waals surface area contributed by atoms with Crippen LogP contribution in [-0.2, 0) is 11.2 Å². The summed E-state index contributed by atoms with van der Waals surface area (Å²) < 4.78 is 25.9. The van der Waals surface area contributed by atoms with Crippen molar-refractivity contribution in [3.8, 4) is 0 Å². The van der Waals surface area contributed by atoms with Crippen LogP contribution in [0.3, 0.4) is 0 Å². The van der Waals surface area contributed by atoms with Gasteiger partial charge in [0.15, 0.2) is 17.4 Å². The number of halogens is 2. The van der Waals surface area contributed by atoms with E-state index >= 15 is 0 Å². The summed E-state index contributed by atoms with van der Waals surface area (Å²) >= 11 is 0. The van der Waals surface area contributed by atoms with Crippen LogP contribution in [0.5, 0.6) is 0 Å². The predicted octanol–water partition coefficient (Wildman–Crippen LogP) is 2.61. The molecule has 1 N–H and O–H groups in total. The molecule has 4 heteroatoms. The van der Waals surface area contributed by atoms with Crippen LogP contribution < -0.4 is 5.32 Å². The lowest BCUT2D eigenvalue weighted by Gasteiger charge is -2.26. The molecule has 1 aromatic carbocycles. The van der Waals surface area contributed by atoms with Crippen molar-refractivity contribution < 1.29 is 13.6 Å². The van der Waals surface area contributed by atoms with Crippen molar-refractivity contribution >= 4 is 5.78 Å². The summed E-state index contributed by atoms with van der Waals surface area (Å²) in [5, 5.41) is 3.25. The first-order valence-corrected chi connectivity index (χ1v) is 6.29.